The summed E-state index contributed by atoms with van der Waals surface area (Å²) in [5, 5.41) is 13.4. The van der Waals surface area contributed by atoms with Crippen molar-refractivity contribution in [2.75, 3.05) is 0 Å². The zero-order chi connectivity index (χ0) is 14.7. The molecule has 1 aromatic rings. The van der Waals surface area contributed by atoms with Gasteiger partial charge >= 0.3 is 0 Å². The minimum Gasteiger partial charge on any atom is -0.391 e. The molecule has 0 spiro atoms. The van der Waals surface area contributed by atoms with Crippen molar-refractivity contribution in [1.29, 1.82) is 0 Å². The molecule has 0 unspecified atom stereocenters. The molecule has 1 saturated carbocycles. The topological polar surface area (TPSA) is 75.4 Å². The predicted molar refractivity (Wildman–Crippen MR) is 86.6 cm³/mol. The van der Waals surface area contributed by atoms with E-state index in [1.54, 1.807) is 0 Å². The fourth-order valence-corrected chi connectivity index (χ4v) is 2.77. The van der Waals surface area contributed by atoms with E-state index in [0.717, 1.165) is 17.5 Å². The van der Waals surface area contributed by atoms with Crippen molar-refractivity contribution in [3.8, 4) is 0 Å². The number of halogens is 2. The Bertz CT molecular complexity index is 497. The molecule has 0 bridgehead atoms. The zero-order valence-electron chi connectivity index (χ0n) is 12.0. The molecule has 3 atom stereocenters. The molecule has 4 N–H and O–H groups in total. The number of carbonyl (C=O) groups excluding carboxylic acids is 1. The van der Waals surface area contributed by atoms with Gasteiger partial charge in [-0.25, -0.2) is 0 Å². The Kier molecular flexibility index (Phi) is 6.94. The van der Waals surface area contributed by atoms with Crippen LogP contribution < -0.4 is 11.1 Å². The minimum atomic E-state index is -0.576. The molecule has 1 aliphatic rings. The Hall–Kier alpha value is -0.810. The maximum atomic E-state index is 12.1. The second-order valence-corrected chi connectivity index (χ2v) is 5.89. The normalized spacial score (nSPS) is 25.0. The van der Waals surface area contributed by atoms with Crippen LogP contribution in [0.2, 0.25) is 5.02 Å². The van der Waals surface area contributed by atoms with E-state index in [-0.39, 0.29) is 30.3 Å². The van der Waals surface area contributed by atoms with Gasteiger partial charge in [-0.3, -0.25) is 4.79 Å². The van der Waals surface area contributed by atoms with Gasteiger partial charge in [0, 0.05) is 23.5 Å². The highest BCUT2D eigenvalue weighted by Crippen LogP contribution is 2.24. The second-order valence-electron chi connectivity index (χ2n) is 5.48. The smallest absolute Gasteiger partial charge is 0.223 e. The number of hydrogen-bond acceptors (Lipinski definition) is 3. The average Bonchev–Trinajstić information content (AvgIpc) is 2.43. The van der Waals surface area contributed by atoms with Crippen molar-refractivity contribution in [3.05, 3.63) is 34.3 Å². The number of benzene rings is 1. The van der Waals surface area contributed by atoms with Gasteiger partial charge in [0.25, 0.3) is 0 Å². The summed E-state index contributed by atoms with van der Waals surface area (Å²) < 4.78 is 0. The maximum Gasteiger partial charge on any atom is 0.223 e. The molecule has 0 aromatic heterocycles. The first-order valence-corrected chi connectivity index (χ1v) is 7.32. The third-order valence-electron chi connectivity index (χ3n) is 4.07. The average molecular weight is 333 g/mol. The first kappa shape index (κ1) is 18.2. The van der Waals surface area contributed by atoms with Gasteiger partial charge in [-0.15, -0.1) is 12.4 Å². The quantitative estimate of drug-likeness (QED) is 0.794. The monoisotopic (exact) mass is 332 g/mol. The summed E-state index contributed by atoms with van der Waals surface area (Å²) in [7, 11) is 0. The van der Waals surface area contributed by atoms with Crippen LogP contribution in [-0.2, 0) is 11.3 Å². The number of nitrogens with one attached hydrogen (secondary N) is 1. The molecule has 1 aromatic carbocycles. The van der Waals surface area contributed by atoms with E-state index in [4.69, 9.17) is 17.3 Å². The van der Waals surface area contributed by atoms with Gasteiger partial charge in [0.15, 0.2) is 0 Å². The van der Waals surface area contributed by atoms with Gasteiger partial charge in [-0.2, -0.15) is 0 Å². The summed E-state index contributed by atoms with van der Waals surface area (Å²) in [6.45, 7) is 2.40. The van der Waals surface area contributed by atoms with Crippen LogP contribution in [0.25, 0.3) is 0 Å². The van der Waals surface area contributed by atoms with Crippen LogP contribution in [0.1, 0.15) is 30.4 Å². The Morgan fingerprint density at radius 1 is 1.48 bits per heavy atom. The highest BCUT2D eigenvalue weighted by atomic mass is 35.5. The van der Waals surface area contributed by atoms with Gasteiger partial charge in [0.2, 0.25) is 5.91 Å². The number of hydrogen-bond donors (Lipinski definition) is 3. The van der Waals surface area contributed by atoms with Gasteiger partial charge in [-0.1, -0.05) is 23.7 Å². The number of amides is 1. The SMILES string of the molecule is Cc1c(Cl)cccc1CNC(=O)[C@H]1CC[C@H](N)[C@@H](O)C1.Cl. The minimum absolute atomic E-state index is 0. The molecule has 1 aliphatic carbocycles. The number of aliphatic hydroxyl groups excluding tert-OH is 1. The summed E-state index contributed by atoms with van der Waals surface area (Å²) in [4.78, 5) is 12.1. The van der Waals surface area contributed by atoms with Crippen molar-refractivity contribution < 1.29 is 9.90 Å². The molecule has 1 amide bonds. The standard InChI is InChI=1S/C15H21ClN2O2.ClH/c1-9-11(3-2-4-12(9)16)8-18-15(20)10-5-6-13(17)14(19)7-10;/h2-4,10,13-14,19H,5-8,17H2,1H3,(H,18,20);1H/t10-,13-,14-;/m0./s1. The number of carbonyl (C=O) groups is 1. The van der Waals surface area contributed by atoms with Crippen LogP contribution in [0.5, 0.6) is 0 Å². The summed E-state index contributed by atoms with van der Waals surface area (Å²) >= 11 is 6.05. The van der Waals surface area contributed by atoms with Crippen LogP contribution in [0.3, 0.4) is 0 Å². The highest BCUT2D eigenvalue weighted by Gasteiger charge is 2.30. The lowest BCUT2D eigenvalue weighted by Gasteiger charge is -2.30. The van der Waals surface area contributed by atoms with Crippen LogP contribution >= 0.6 is 24.0 Å². The molecule has 4 nitrogen and oxygen atoms in total. The van der Waals surface area contributed by atoms with Crippen LogP contribution in [0.4, 0.5) is 0 Å². The molecular formula is C15H22Cl2N2O2. The molecule has 118 valence electrons. The Labute approximate surface area is 136 Å². The summed E-state index contributed by atoms with van der Waals surface area (Å²) in [5.41, 5.74) is 7.74. The number of aliphatic hydroxyl groups is 1. The van der Waals surface area contributed by atoms with Crippen molar-refractivity contribution in [2.45, 2.75) is 44.9 Å². The Morgan fingerprint density at radius 3 is 2.86 bits per heavy atom. The lowest BCUT2D eigenvalue weighted by atomic mass is 9.84. The summed E-state index contributed by atoms with van der Waals surface area (Å²) in [6, 6.07) is 5.46. The summed E-state index contributed by atoms with van der Waals surface area (Å²) in [5.74, 6) is -0.167. The molecule has 0 radical (unpaired) electrons. The highest BCUT2D eigenvalue weighted by molar-refractivity contribution is 6.31. The summed E-state index contributed by atoms with van der Waals surface area (Å²) in [6.07, 6.45) is 1.29. The fraction of sp³-hybridized carbons (Fsp3) is 0.533. The molecule has 1 fully saturated rings. The van der Waals surface area contributed by atoms with Gasteiger partial charge < -0.3 is 16.2 Å². The van der Waals surface area contributed by atoms with E-state index >= 15 is 0 Å². The van der Waals surface area contributed by atoms with Crippen LogP contribution in [-0.4, -0.2) is 23.2 Å². The third-order valence-corrected chi connectivity index (χ3v) is 4.48. The largest absolute Gasteiger partial charge is 0.391 e. The lowest BCUT2D eigenvalue weighted by Crippen LogP contribution is -2.44. The van der Waals surface area contributed by atoms with Crippen molar-refractivity contribution in [2.24, 2.45) is 11.7 Å². The van der Waals surface area contributed by atoms with E-state index in [9.17, 15) is 9.90 Å². The maximum absolute atomic E-state index is 12.1. The predicted octanol–water partition coefficient (Wildman–Crippen LogP) is 2.17. The fourth-order valence-electron chi connectivity index (χ4n) is 2.58. The number of rotatable bonds is 3. The second kappa shape index (κ2) is 7.99. The van der Waals surface area contributed by atoms with E-state index in [1.165, 1.54) is 0 Å². The molecule has 21 heavy (non-hydrogen) atoms. The Balaban J connectivity index is 0.00000220. The van der Waals surface area contributed by atoms with Gasteiger partial charge in [-0.05, 0) is 43.4 Å². The molecular weight excluding hydrogens is 311 g/mol. The first-order valence-electron chi connectivity index (χ1n) is 6.94. The molecule has 2 rings (SSSR count). The van der Waals surface area contributed by atoms with Crippen LogP contribution in [0.15, 0.2) is 18.2 Å². The molecule has 6 heteroatoms. The van der Waals surface area contributed by atoms with E-state index in [2.05, 4.69) is 5.32 Å². The van der Waals surface area contributed by atoms with Crippen molar-refractivity contribution >= 4 is 29.9 Å². The van der Waals surface area contributed by atoms with Gasteiger partial charge in [0.05, 0.1) is 6.10 Å². The van der Waals surface area contributed by atoms with Crippen molar-refractivity contribution in [1.82, 2.24) is 5.32 Å². The molecule has 0 heterocycles. The first-order chi connectivity index (χ1) is 9.49. The molecule has 0 aliphatic heterocycles. The van der Waals surface area contributed by atoms with E-state index in [0.29, 0.717) is 24.4 Å². The van der Waals surface area contributed by atoms with Crippen molar-refractivity contribution in [3.63, 3.8) is 0 Å². The van der Waals surface area contributed by atoms with Crippen LogP contribution in [0, 0.1) is 12.8 Å². The van der Waals surface area contributed by atoms with Gasteiger partial charge in [0.1, 0.15) is 0 Å². The Morgan fingerprint density at radius 2 is 2.19 bits per heavy atom. The van der Waals surface area contributed by atoms with E-state index < -0.39 is 6.10 Å². The lowest BCUT2D eigenvalue weighted by molar-refractivity contribution is -0.127. The van der Waals surface area contributed by atoms with E-state index in [1.807, 2.05) is 25.1 Å². The molecule has 0 saturated heterocycles. The number of nitrogens with two attached hydrogens (primary N) is 1. The third kappa shape index (κ3) is 4.58. The zero-order valence-corrected chi connectivity index (χ0v) is 13.6.